The molecule has 2 rings (SSSR count). The smallest absolute Gasteiger partial charge is 0.337 e. The maximum atomic E-state index is 10.8. The first-order valence-corrected chi connectivity index (χ1v) is 5.99. The van der Waals surface area contributed by atoms with Crippen LogP contribution in [0.25, 0.3) is 0 Å². The Bertz CT molecular complexity index is 599. The lowest BCUT2D eigenvalue weighted by Gasteiger charge is -2.09. The number of aromatic nitrogens is 1. The van der Waals surface area contributed by atoms with Crippen LogP contribution in [0.4, 0.5) is 0 Å². The molecule has 1 aromatic heterocycles. The van der Waals surface area contributed by atoms with Crippen molar-refractivity contribution in [2.24, 2.45) is 0 Å². The quantitative estimate of drug-likeness (QED) is 0.940. The lowest BCUT2D eigenvalue weighted by atomic mass is 10.2. The molecule has 1 N–H and O–H groups in total. The summed E-state index contributed by atoms with van der Waals surface area (Å²) in [7, 11) is 0. The van der Waals surface area contributed by atoms with Gasteiger partial charge in [0.05, 0.1) is 10.0 Å². The normalized spacial score (nSPS) is 10.1. The topological polar surface area (TPSA) is 59.4 Å². The highest BCUT2D eigenvalue weighted by Crippen LogP contribution is 2.29. The molecule has 0 aliphatic heterocycles. The molecule has 0 amide bonds. The fraction of sp³-hybridized carbons (Fsp3) is 0.0769. The minimum Gasteiger partial charge on any atom is -0.478 e. The van der Waals surface area contributed by atoms with Crippen molar-refractivity contribution in [1.82, 2.24) is 4.98 Å². The summed E-state index contributed by atoms with van der Waals surface area (Å²) in [5, 5.41) is 8.85. The number of rotatable bonds is 3. The van der Waals surface area contributed by atoms with Gasteiger partial charge in [-0.05, 0) is 41.1 Å². The molecule has 0 unspecified atom stereocenters. The summed E-state index contributed by atoms with van der Waals surface area (Å²) in [5.74, 6) is 0.0288. The predicted octanol–water partition coefficient (Wildman–Crippen LogP) is 3.64. The van der Waals surface area contributed by atoms with Crippen LogP contribution in [0.2, 0.25) is 0 Å². The van der Waals surface area contributed by atoms with Crippen LogP contribution in [-0.4, -0.2) is 16.1 Å². The second kappa shape index (κ2) is 5.18. The maximum Gasteiger partial charge on any atom is 0.337 e. The van der Waals surface area contributed by atoms with Gasteiger partial charge in [-0.3, -0.25) is 0 Å². The third-order valence-electron chi connectivity index (χ3n) is 2.32. The lowest BCUT2D eigenvalue weighted by molar-refractivity contribution is 0.0696. The molecule has 0 bridgehead atoms. The van der Waals surface area contributed by atoms with Gasteiger partial charge < -0.3 is 9.84 Å². The van der Waals surface area contributed by atoms with E-state index in [-0.39, 0.29) is 5.56 Å². The number of aromatic carboxylic acids is 1. The van der Waals surface area contributed by atoms with Crippen molar-refractivity contribution < 1.29 is 14.6 Å². The molecule has 92 valence electrons. The van der Waals surface area contributed by atoms with Crippen molar-refractivity contribution in [2.45, 2.75) is 6.92 Å². The van der Waals surface area contributed by atoms with Gasteiger partial charge in [0.2, 0.25) is 5.88 Å². The van der Waals surface area contributed by atoms with Crippen LogP contribution in [0.15, 0.2) is 41.0 Å². The number of carbonyl (C=O) groups is 1. The zero-order valence-electron chi connectivity index (χ0n) is 9.55. The van der Waals surface area contributed by atoms with Gasteiger partial charge in [0.15, 0.2) is 0 Å². The number of carboxylic acids is 1. The molecule has 18 heavy (non-hydrogen) atoms. The predicted molar refractivity (Wildman–Crippen MR) is 70.1 cm³/mol. The third kappa shape index (κ3) is 2.68. The van der Waals surface area contributed by atoms with E-state index in [1.165, 1.54) is 12.3 Å². The van der Waals surface area contributed by atoms with E-state index in [0.29, 0.717) is 17.2 Å². The standard InChI is InChI=1S/C13H10BrNO3/c1-8-6-9(13(16)17)7-15-12(8)18-11-5-3-2-4-10(11)14/h2-7H,1H3,(H,16,17). The summed E-state index contributed by atoms with van der Waals surface area (Å²) < 4.78 is 6.44. The minimum absolute atomic E-state index is 0.145. The molecule has 1 aromatic carbocycles. The highest BCUT2D eigenvalue weighted by molar-refractivity contribution is 9.10. The molecule has 0 atom stereocenters. The summed E-state index contributed by atoms with van der Waals surface area (Å²) >= 11 is 3.37. The fourth-order valence-corrected chi connectivity index (χ4v) is 1.78. The summed E-state index contributed by atoms with van der Waals surface area (Å²) in [6.07, 6.45) is 1.28. The van der Waals surface area contributed by atoms with Crippen LogP contribution in [-0.2, 0) is 0 Å². The van der Waals surface area contributed by atoms with E-state index in [1.54, 1.807) is 13.0 Å². The Morgan fingerprint density at radius 1 is 1.39 bits per heavy atom. The summed E-state index contributed by atoms with van der Waals surface area (Å²) in [4.78, 5) is 14.8. The average Bonchev–Trinajstić information content (AvgIpc) is 2.34. The number of aryl methyl sites for hydroxylation is 1. The van der Waals surface area contributed by atoms with E-state index in [4.69, 9.17) is 9.84 Å². The Labute approximate surface area is 112 Å². The maximum absolute atomic E-state index is 10.8. The Hall–Kier alpha value is -1.88. The van der Waals surface area contributed by atoms with Crippen molar-refractivity contribution in [1.29, 1.82) is 0 Å². The Morgan fingerprint density at radius 3 is 2.72 bits per heavy atom. The van der Waals surface area contributed by atoms with Gasteiger partial charge in [0, 0.05) is 11.8 Å². The van der Waals surface area contributed by atoms with Crippen molar-refractivity contribution in [3.63, 3.8) is 0 Å². The molecule has 5 heteroatoms. The van der Waals surface area contributed by atoms with Crippen molar-refractivity contribution in [2.75, 3.05) is 0 Å². The van der Waals surface area contributed by atoms with Gasteiger partial charge in [0.1, 0.15) is 5.75 Å². The van der Waals surface area contributed by atoms with Crippen molar-refractivity contribution in [3.8, 4) is 11.6 Å². The van der Waals surface area contributed by atoms with Gasteiger partial charge >= 0.3 is 5.97 Å². The van der Waals surface area contributed by atoms with Gasteiger partial charge in [-0.1, -0.05) is 12.1 Å². The first-order chi connectivity index (χ1) is 8.58. The number of pyridine rings is 1. The molecule has 0 saturated heterocycles. The van der Waals surface area contributed by atoms with Crippen LogP contribution < -0.4 is 4.74 Å². The van der Waals surface area contributed by atoms with Crippen LogP contribution in [0, 0.1) is 6.92 Å². The lowest BCUT2D eigenvalue weighted by Crippen LogP contribution is -2.00. The Morgan fingerprint density at radius 2 is 2.11 bits per heavy atom. The second-order valence-corrected chi connectivity index (χ2v) is 4.54. The molecule has 1 heterocycles. The van der Waals surface area contributed by atoms with Gasteiger partial charge in [-0.2, -0.15) is 0 Å². The Kier molecular flexibility index (Phi) is 3.62. The van der Waals surface area contributed by atoms with Crippen LogP contribution in [0.1, 0.15) is 15.9 Å². The van der Waals surface area contributed by atoms with E-state index in [9.17, 15) is 4.79 Å². The number of benzene rings is 1. The minimum atomic E-state index is -1.00. The van der Waals surface area contributed by atoms with Crippen molar-refractivity contribution in [3.05, 3.63) is 52.1 Å². The molecule has 0 aliphatic carbocycles. The SMILES string of the molecule is Cc1cc(C(=O)O)cnc1Oc1ccccc1Br. The third-order valence-corrected chi connectivity index (χ3v) is 2.98. The average molecular weight is 308 g/mol. The Balaban J connectivity index is 2.30. The zero-order chi connectivity index (χ0) is 13.1. The van der Waals surface area contributed by atoms with Gasteiger partial charge in [-0.15, -0.1) is 0 Å². The molecule has 0 saturated carbocycles. The van der Waals surface area contributed by atoms with E-state index in [1.807, 2.05) is 18.2 Å². The molecule has 4 nitrogen and oxygen atoms in total. The van der Waals surface area contributed by atoms with E-state index >= 15 is 0 Å². The summed E-state index contributed by atoms with van der Waals surface area (Å²) in [6, 6.07) is 8.92. The second-order valence-electron chi connectivity index (χ2n) is 3.68. The van der Waals surface area contributed by atoms with Gasteiger partial charge in [-0.25, -0.2) is 9.78 Å². The van der Waals surface area contributed by atoms with Crippen molar-refractivity contribution >= 4 is 21.9 Å². The van der Waals surface area contributed by atoms with Gasteiger partial charge in [0.25, 0.3) is 0 Å². The fourth-order valence-electron chi connectivity index (χ4n) is 1.42. The number of ether oxygens (including phenoxy) is 1. The molecule has 2 aromatic rings. The largest absolute Gasteiger partial charge is 0.478 e. The number of carboxylic acid groups (broad SMARTS) is 1. The number of nitrogens with zero attached hydrogens (tertiary/aromatic N) is 1. The molecule has 0 spiro atoms. The zero-order valence-corrected chi connectivity index (χ0v) is 11.1. The molecule has 0 aliphatic rings. The molecule has 0 radical (unpaired) electrons. The highest BCUT2D eigenvalue weighted by Gasteiger charge is 2.09. The van der Waals surface area contributed by atoms with Crippen LogP contribution >= 0.6 is 15.9 Å². The summed E-state index contributed by atoms with van der Waals surface area (Å²) in [5.41, 5.74) is 0.817. The number of hydrogen-bond acceptors (Lipinski definition) is 3. The van der Waals surface area contributed by atoms with E-state index in [2.05, 4.69) is 20.9 Å². The number of hydrogen-bond donors (Lipinski definition) is 1. The van der Waals surface area contributed by atoms with Crippen LogP contribution in [0.3, 0.4) is 0 Å². The highest BCUT2D eigenvalue weighted by atomic mass is 79.9. The first kappa shape index (κ1) is 12.6. The molecular formula is C13H10BrNO3. The number of para-hydroxylation sites is 1. The van der Waals surface area contributed by atoms with E-state index in [0.717, 1.165) is 4.47 Å². The molecular weight excluding hydrogens is 298 g/mol. The summed E-state index contributed by atoms with van der Waals surface area (Å²) in [6.45, 7) is 1.76. The first-order valence-electron chi connectivity index (χ1n) is 5.20. The number of halogens is 1. The monoisotopic (exact) mass is 307 g/mol. The molecule has 0 fully saturated rings. The van der Waals surface area contributed by atoms with Crippen LogP contribution in [0.5, 0.6) is 11.6 Å². The van der Waals surface area contributed by atoms with E-state index < -0.39 is 5.97 Å².